The van der Waals surface area contributed by atoms with Crippen molar-refractivity contribution in [2.24, 2.45) is 0 Å². The molecule has 1 aromatic carbocycles. The zero-order chi connectivity index (χ0) is 13.7. The number of nitrogens with one attached hydrogen (secondary N) is 1. The lowest BCUT2D eigenvalue weighted by Gasteiger charge is -2.12. The number of nitrogens with zero attached hydrogens (tertiary/aromatic N) is 1. The van der Waals surface area contributed by atoms with Crippen LogP contribution >= 0.6 is 11.6 Å². The minimum absolute atomic E-state index is 0.0261. The maximum absolute atomic E-state index is 11.8. The predicted molar refractivity (Wildman–Crippen MR) is 69.9 cm³/mol. The molecular formula is C12H15ClN2O3. The molecule has 0 aliphatic carbocycles. The lowest BCUT2D eigenvalue weighted by atomic mass is 10.1. The standard InChI is InChI=1S/C12H15ClN2O3/c1-3-4-8(2)14-12(16)9-5-6-10(13)11(7-9)15(17)18/h5-8H,3-4H2,1-2H3,(H,14,16). The largest absolute Gasteiger partial charge is 0.350 e. The zero-order valence-corrected chi connectivity index (χ0v) is 11.0. The van der Waals surface area contributed by atoms with Crippen LogP contribution in [0.2, 0.25) is 5.02 Å². The summed E-state index contributed by atoms with van der Waals surface area (Å²) < 4.78 is 0. The van der Waals surface area contributed by atoms with Crippen molar-refractivity contribution in [2.45, 2.75) is 32.7 Å². The van der Waals surface area contributed by atoms with Gasteiger partial charge in [-0.05, 0) is 25.5 Å². The number of benzene rings is 1. The van der Waals surface area contributed by atoms with E-state index >= 15 is 0 Å². The van der Waals surface area contributed by atoms with Crippen LogP contribution in [0.5, 0.6) is 0 Å². The van der Waals surface area contributed by atoms with Gasteiger partial charge in [0.15, 0.2) is 0 Å². The molecule has 1 atom stereocenters. The molecule has 0 aliphatic heterocycles. The molecule has 0 radical (unpaired) electrons. The molecule has 0 heterocycles. The number of carbonyl (C=O) groups excluding carboxylic acids is 1. The Labute approximate surface area is 110 Å². The number of hydrogen-bond donors (Lipinski definition) is 1. The summed E-state index contributed by atoms with van der Waals surface area (Å²) in [5.74, 6) is -0.323. The summed E-state index contributed by atoms with van der Waals surface area (Å²) in [6, 6.07) is 4.07. The fourth-order valence-corrected chi connectivity index (χ4v) is 1.79. The van der Waals surface area contributed by atoms with E-state index in [0.29, 0.717) is 0 Å². The number of halogens is 1. The van der Waals surface area contributed by atoms with Gasteiger partial charge in [0, 0.05) is 17.7 Å². The van der Waals surface area contributed by atoms with Gasteiger partial charge in [-0.3, -0.25) is 14.9 Å². The topological polar surface area (TPSA) is 72.2 Å². The molecule has 1 unspecified atom stereocenters. The monoisotopic (exact) mass is 270 g/mol. The van der Waals surface area contributed by atoms with Crippen LogP contribution in [-0.2, 0) is 0 Å². The smallest absolute Gasteiger partial charge is 0.288 e. The highest BCUT2D eigenvalue weighted by atomic mass is 35.5. The summed E-state index contributed by atoms with van der Waals surface area (Å²) >= 11 is 5.68. The lowest BCUT2D eigenvalue weighted by molar-refractivity contribution is -0.384. The summed E-state index contributed by atoms with van der Waals surface area (Å²) in [7, 11) is 0. The second kappa shape index (κ2) is 6.35. The van der Waals surface area contributed by atoms with Crippen molar-refractivity contribution in [3.63, 3.8) is 0 Å². The quantitative estimate of drug-likeness (QED) is 0.660. The van der Waals surface area contributed by atoms with E-state index in [0.717, 1.165) is 12.8 Å². The van der Waals surface area contributed by atoms with Crippen molar-refractivity contribution in [2.75, 3.05) is 0 Å². The lowest BCUT2D eigenvalue weighted by Crippen LogP contribution is -2.32. The third-order valence-electron chi connectivity index (χ3n) is 2.50. The molecule has 1 N–H and O–H groups in total. The summed E-state index contributed by atoms with van der Waals surface area (Å²) in [6.07, 6.45) is 1.82. The van der Waals surface area contributed by atoms with Crippen molar-refractivity contribution in [3.8, 4) is 0 Å². The second-order valence-corrected chi connectivity index (χ2v) is 4.49. The summed E-state index contributed by atoms with van der Waals surface area (Å²) in [6.45, 7) is 3.92. The van der Waals surface area contributed by atoms with Gasteiger partial charge in [-0.2, -0.15) is 0 Å². The number of amides is 1. The minimum atomic E-state index is -0.603. The molecule has 98 valence electrons. The molecule has 1 rings (SSSR count). The Morgan fingerprint density at radius 2 is 2.22 bits per heavy atom. The van der Waals surface area contributed by atoms with Gasteiger partial charge in [-0.1, -0.05) is 24.9 Å². The van der Waals surface area contributed by atoms with Crippen molar-refractivity contribution in [1.82, 2.24) is 5.32 Å². The van der Waals surface area contributed by atoms with Gasteiger partial charge < -0.3 is 5.32 Å². The number of nitro groups is 1. The molecule has 0 bridgehead atoms. The Bertz CT molecular complexity index is 463. The van der Waals surface area contributed by atoms with Crippen LogP contribution in [0.4, 0.5) is 5.69 Å². The Kier molecular flexibility index (Phi) is 5.09. The maximum Gasteiger partial charge on any atom is 0.288 e. The average Bonchev–Trinajstić information content (AvgIpc) is 2.29. The predicted octanol–water partition coefficient (Wildman–Crippen LogP) is 3.17. The molecule has 0 spiro atoms. The highest BCUT2D eigenvalue weighted by Crippen LogP contribution is 2.25. The molecule has 0 aliphatic rings. The van der Waals surface area contributed by atoms with Gasteiger partial charge >= 0.3 is 0 Å². The second-order valence-electron chi connectivity index (χ2n) is 4.09. The first kappa shape index (κ1) is 14.4. The van der Waals surface area contributed by atoms with E-state index in [4.69, 9.17) is 11.6 Å². The molecule has 18 heavy (non-hydrogen) atoms. The average molecular weight is 271 g/mol. The Morgan fingerprint density at radius 3 is 2.78 bits per heavy atom. The van der Waals surface area contributed by atoms with E-state index in [1.165, 1.54) is 18.2 Å². The fourth-order valence-electron chi connectivity index (χ4n) is 1.61. The molecule has 5 nitrogen and oxygen atoms in total. The number of hydrogen-bond acceptors (Lipinski definition) is 3. The van der Waals surface area contributed by atoms with Crippen LogP contribution < -0.4 is 5.32 Å². The van der Waals surface area contributed by atoms with Crippen molar-refractivity contribution in [3.05, 3.63) is 38.9 Å². The van der Waals surface area contributed by atoms with Crippen LogP contribution in [0.3, 0.4) is 0 Å². The Morgan fingerprint density at radius 1 is 1.56 bits per heavy atom. The molecule has 0 aromatic heterocycles. The van der Waals surface area contributed by atoms with Crippen LogP contribution in [0, 0.1) is 10.1 Å². The van der Waals surface area contributed by atoms with Gasteiger partial charge in [-0.25, -0.2) is 0 Å². The van der Waals surface area contributed by atoms with Gasteiger partial charge in [0.1, 0.15) is 5.02 Å². The van der Waals surface area contributed by atoms with Gasteiger partial charge in [0.25, 0.3) is 11.6 Å². The third-order valence-corrected chi connectivity index (χ3v) is 2.82. The summed E-state index contributed by atoms with van der Waals surface area (Å²) in [5.41, 5.74) is -0.0125. The van der Waals surface area contributed by atoms with Crippen LogP contribution in [0.15, 0.2) is 18.2 Å². The molecule has 0 fully saturated rings. The normalized spacial score (nSPS) is 11.9. The van der Waals surface area contributed by atoms with Crippen molar-refractivity contribution in [1.29, 1.82) is 0 Å². The zero-order valence-electron chi connectivity index (χ0n) is 10.3. The summed E-state index contributed by atoms with van der Waals surface area (Å²) in [5, 5.41) is 13.5. The first-order valence-electron chi connectivity index (χ1n) is 5.70. The van der Waals surface area contributed by atoms with Crippen LogP contribution in [-0.4, -0.2) is 16.9 Å². The van der Waals surface area contributed by atoms with Crippen molar-refractivity contribution < 1.29 is 9.72 Å². The first-order chi connectivity index (χ1) is 8.45. The molecule has 1 aromatic rings. The summed E-state index contributed by atoms with van der Waals surface area (Å²) in [4.78, 5) is 21.9. The van der Waals surface area contributed by atoms with E-state index < -0.39 is 4.92 Å². The van der Waals surface area contributed by atoms with Gasteiger partial charge in [-0.15, -0.1) is 0 Å². The van der Waals surface area contributed by atoms with Gasteiger partial charge in [0.05, 0.1) is 4.92 Å². The Balaban J connectivity index is 2.87. The molecule has 0 saturated heterocycles. The van der Waals surface area contributed by atoms with Crippen molar-refractivity contribution >= 4 is 23.2 Å². The molecule has 0 saturated carbocycles. The number of nitro benzene ring substituents is 1. The van der Waals surface area contributed by atoms with E-state index in [2.05, 4.69) is 5.32 Å². The highest BCUT2D eigenvalue weighted by Gasteiger charge is 2.17. The molecule has 1 amide bonds. The van der Waals surface area contributed by atoms with Crippen LogP contribution in [0.25, 0.3) is 0 Å². The minimum Gasteiger partial charge on any atom is -0.350 e. The fraction of sp³-hybridized carbons (Fsp3) is 0.417. The SMILES string of the molecule is CCCC(C)NC(=O)c1ccc(Cl)c([N+](=O)[O-])c1. The van der Waals surface area contributed by atoms with E-state index in [9.17, 15) is 14.9 Å². The first-order valence-corrected chi connectivity index (χ1v) is 6.08. The van der Waals surface area contributed by atoms with E-state index in [-0.39, 0.29) is 28.2 Å². The number of carbonyl (C=O) groups is 1. The third kappa shape index (κ3) is 3.70. The van der Waals surface area contributed by atoms with E-state index in [1.807, 2.05) is 13.8 Å². The van der Waals surface area contributed by atoms with Gasteiger partial charge in [0.2, 0.25) is 0 Å². The van der Waals surface area contributed by atoms with E-state index in [1.54, 1.807) is 0 Å². The molecule has 6 heteroatoms. The maximum atomic E-state index is 11.8. The van der Waals surface area contributed by atoms with Crippen LogP contribution in [0.1, 0.15) is 37.0 Å². The number of rotatable bonds is 5. The highest BCUT2D eigenvalue weighted by molar-refractivity contribution is 6.32. The Hall–Kier alpha value is -1.62. The molecular weight excluding hydrogens is 256 g/mol.